The third-order valence-electron chi connectivity index (χ3n) is 6.31. The van der Waals surface area contributed by atoms with E-state index in [9.17, 15) is 31.4 Å². The largest absolute Gasteiger partial charge is 0.426 e. The fourth-order valence-electron chi connectivity index (χ4n) is 4.66. The average Bonchev–Trinajstić information content (AvgIpc) is 2.69. The molecular weight excluding hydrogens is 310 g/mol. The topological polar surface area (TPSA) is 20.2 Å². The molecule has 3 unspecified atom stereocenters. The van der Waals surface area contributed by atoms with E-state index in [2.05, 4.69) is 0 Å². The first-order valence-electron chi connectivity index (χ1n) is 7.42. The van der Waals surface area contributed by atoms with E-state index in [0.717, 1.165) is 0 Å². The van der Waals surface area contributed by atoms with Crippen LogP contribution in [-0.4, -0.2) is 23.1 Å². The molecule has 2 aliphatic rings. The highest BCUT2D eigenvalue weighted by atomic mass is 19.4. The van der Waals surface area contributed by atoms with Gasteiger partial charge in [0, 0.05) is 5.92 Å². The number of alkyl halides is 6. The van der Waals surface area contributed by atoms with Crippen LogP contribution in [0.3, 0.4) is 0 Å². The van der Waals surface area contributed by atoms with Gasteiger partial charge in [0.25, 0.3) is 5.60 Å². The van der Waals surface area contributed by atoms with Crippen LogP contribution < -0.4 is 0 Å². The second kappa shape index (κ2) is 4.33. The van der Waals surface area contributed by atoms with Crippen molar-refractivity contribution in [3.8, 4) is 0 Å². The highest BCUT2D eigenvalue weighted by Gasteiger charge is 2.83. The lowest BCUT2D eigenvalue weighted by Crippen LogP contribution is -2.63. The van der Waals surface area contributed by atoms with Gasteiger partial charge in [0.05, 0.1) is 0 Å². The van der Waals surface area contributed by atoms with Crippen LogP contribution in [0, 0.1) is 22.2 Å². The maximum Gasteiger partial charge on any atom is 0.426 e. The predicted octanol–water partition coefficient (Wildman–Crippen LogP) is 5.08. The van der Waals surface area contributed by atoms with Crippen LogP contribution in [0.4, 0.5) is 26.3 Å². The van der Waals surface area contributed by atoms with Gasteiger partial charge in [-0.15, -0.1) is 0 Å². The summed E-state index contributed by atoms with van der Waals surface area (Å²) in [7, 11) is 0. The van der Waals surface area contributed by atoms with Crippen molar-refractivity contribution in [3.05, 3.63) is 0 Å². The van der Waals surface area contributed by atoms with Crippen LogP contribution in [0.25, 0.3) is 0 Å². The van der Waals surface area contributed by atoms with Crippen LogP contribution in [0.2, 0.25) is 0 Å². The summed E-state index contributed by atoms with van der Waals surface area (Å²) in [6.45, 7) is 6.87. The molecule has 130 valence electrons. The molecule has 0 amide bonds. The minimum Gasteiger partial charge on any atom is -0.373 e. The molecule has 0 aromatic rings. The molecule has 0 aromatic heterocycles. The van der Waals surface area contributed by atoms with Gasteiger partial charge in [-0.05, 0) is 35.5 Å². The average molecular weight is 332 g/mol. The third kappa shape index (κ3) is 2.10. The molecule has 1 nitrogen and oxygen atoms in total. The van der Waals surface area contributed by atoms with Gasteiger partial charge < -0.3 is 5.11 Å². The second-order valence-corrected chi connectivity index (χ2v) is 8.08. The summed E-state index contributed by atoms with van der Waals surface area (Å²) in [5.41, 5.74) is -6.96. The summed E-state index contributed by atoms with van der Waals surface area (Å²) in [6, 6.07) is 0. The van der Waals surface area contributed by atoms with Gasteiger partial charge >= 0.3 is 12.4 Å². The number of halogens is 6. The monoisotopic (exact) mass is 332 g/mol. The zero-order valence-electron chi connectivity index (χ0n) is 13.1. The van der Waals surface area contributed by atoms with Crippen molar-refractivity contribution in [1.29, 1.82) is 0 Å². The van der Waals surface area contributed by atoms with E-state index in [1.165, 1.54) is 0 Å². The number of hydrogen-bond acceptors (Lipinski definition) is 1. The van der Waals surface area contributed by atoms with E-state index < -0.39 is 40.1 Å². The Bertz CT molecular complexity index is 452. The number of rotatable bonds is 2. The Hall–Kier alpha value is -0.460. The Labute approximate surface area is 126 Å². The van der Waals surface area contributed by atoms with Gasteiger partial charge in [-0.2, -0.15) is 26.3 Å². The predicted molar refractivity (Wildman–Crippen MR) is 69.0 cm³/mol. The minimum atomic E-state index is -5.74. The van der Waals surface area contributed by atoms with Gasteiger partial charge in [0.15, 0.2) is 0 Å². The number of aliphatic hydroxyl groups is 1. The van der Waals surface area contributed by atoms with Gasteiger partial charge in [0.2, 0.25) is 0 Å². The molecule has 2 saturated carbocycles. The van der Waals surface area contributed by atoms with Crippen molar-refractivity contribution in [3.63, 3.8) is 0 Å². The van der Waals surface area contributed by atoms with Crippen LogP contribution in [0.15, 0.2) is 0 Å². The van der Waals surface area contributed by atoms with Crippen molar-refractivity contribution >= 4 is 0 Å². The Morgan fingerprint density at radius 3 is 1.64 bits per heavy atom. The molecule has 0 aliphatic heterocycles. The Balaban J connectivity index is 2.57. The first kappa shape index (κ1) is 17.9. The molecule has 0 saturated heterocycles. The van der Waals surface area contributed by atoms with Crippen LogP contribution in [-0.2, 0) is 0 Å². The van der Waals surface area contributed by atoms with Crippen molar-refractivity contribution in [2.45, 2.75) is 71.3 Å². The maximum atomic E-state index is 13.3. The molecule has 1 spiro atoms. The summed E-state index contributed by atoms with van der Waals surface area (Å²) < 4.78 is 79.6. The second-order valence-electron chi connectivity index (χ2n) is 8.08. The van der Waals surface area contributed by atoms with Crippen molar-refractivity contribution in [2.75, 3.05) is 0 Å². The lowest BCUT2D eigenvalue weighted by atomic mass is 9.73. The van der Waals surface area contributed by atoms with E-state index >= 15 is 0 Å². The molecule has 22 heavy (non-hydrogen) atoms. The van der Waals surface area contributed by atoms with Gasteiger partial charge in [-0.3, -0.25) is 0 Å². The fraction of sp³-hybridized carbons (Fsp3) is 1.00. The molecule has 3 atom stereocenters. The lowest BCUT2D eigenvalue weighted by molar-refractivity contribution is -0.390. The molecule has 7 heteroatoms. The third-order valence-corrected chi connectivity index (χ3v) is 6.31. The SMILES string of the molecule is CCC1(C)CC(C(O)(C(F)(F)F)C(F)(F)F)C2(C1)CC2(C)C. The van der Waals surface area contributed by atoms with E-state index in [1.807, 2.05) is 0 Å². The molecule has 2 aliphatic carbocycles. The van der Waals surface area contributed by atoms with E-state index in [-0.39, 0.29) is 12.8 Å². The lowest BCUT2D eigenvalue weighted by Gasteiger charge is -2.41. The summed E-state index contributed by atoms with van der Waals surface area (Å²) in [5, 5.41) is 9.87. The van der Waals surface area contributed by atoms with E-state index in [1.54, 1.807) is 27.7 Å². The normalized spacial score (nSPS) is 38.6. The summed E-state index contributed by atoms with van der Waals surface area (Å²) in [5.74, 6) is -1.85. The summed E-state index contributed by atoms with van der Waals surface area (Å²) >= 11 is 0. The first-order valence-corrected chi connectivity index (χ1v) is 7.42. The van der Waals surface area contributed by atoms with E-state index in [4.69, 9.17) is 0 Å². The molecule has 0 heterocycles. The minimum absolute atomic E-state index is 0.261. The van der Waals surface area contributed by atoms with Crippen LogP contribution >= 0.6 is 0 Å². The molecular formula is C15H22F6O. The van der Waals surface area contributed by atoms with Gasteiger partial charge in [-0.1, -0.05) is 34.1 Å². The Morgan fingerprint density at radius 2 is 1.36 bits per heavy atom. The van der Waals surface area contributed by atoms with Crippen molar-refractivity contribution < 1.29 is 31.4 Å². The zero-order chi connectivity index (χ0) is 17.4. The Morgan fingerprint density at radius 1 is 0.955 bits per heavy atom. The van der Waals surface area contributed by atoms with Gasteiger partial charge in [-0.25, -0.2) is 0 Å². The Kier molecular flexibility index (Phi) is 3.52. The van der Waals surface area contributed by atoms with Crippen LogP contribution in [0.1, 0.15) is 53.4 Å². The molecule has 0 aromatic carbocycles. The maximum absolute atomic E-state index is 13.3. The highest BCUT2D eigenvalue weighted by molar-refractivity contribution is 5.24. The summed E-state index contributed by atoms with van der Waals surface area (Å²) in [6.07, 6.45) is -10.7. The smallest absolute Gasteiger partial charge is 0.373 e. The highest BCUT2D eigenvalue weighted by Crippen LogP contribution is 2.80. The van der Waals surface area contributed by atoms with E-state index in [0.29, 0.717) is 12.8 Å². The fourth-order valence-corrected chi connectivity index (χ4v) is 4.66. The number of hydrogen-bond donors (Lipinski definition) is 1. The standard InChI is InChI=1S/C15H22F6O/c1-5-11(4)6-9(12(8-11)7-10(12,2)3)13(22,14(16,17)18)15(19,20)21/h9,22H,5-8H2,1-4H3. The molecule has 2 rings (SSSR count). The molecule has 0 radical (unpaired) electrons. The van der Waals surface area contributed by atoms with Crippen molar-refractivity contribution in [1.82, 2.24) is 0 Å². The first-order chi connectivity index (χ1) is 9.56. The van der Waals surface area contributed by atoms with Crippen molar-refractivity contribution in [2.24, 2.45) is 22.2 Å². The molecule has 0 bridgehead atoms. The summed E-state index contributed by atoms with van der Waals surface area (Å²) in [4.78, 5) is 0. The van der Waals surface area contributed by atoms with Gasteiger partial charge in [0.1, 0.15) is 0 Å². The molecule has 1 N–H and O–H groups in total. The quantitative estimate of drug-likeness (QED) is 0.699. The zero-order valence-corrected chi connectivity index (χ0v) is 13.1. The van der Waals surface area contributed by atoms with Crippen LogP contribution in [0.5, 0.6) is 0 Å². The molecule has 2 fully saturated rings.